The van der Waals surface area contributed by atoms with Crippen molar-refractivity contribution in [3.63, 3.8) is 0 Å². The first-order valence-corrected chi connectivity index (χ1v) is 6.81. The van der Waals surface area contributed by atoms with Gasteiger partial charge in [0.2, 0.25) is 0 Å². The molecule has 0 bridgehead atoms. The molecule has 0 spiro atoms. The van der Waals surface area contributed by atoms with Crippen molar-refractivity contribution >= 4 is 11.5 Å². The van der Waals surface area contributed by atoms with Gasteiger partial charge in [0, 0.05) is 19.3 Å². The summed E-state index contributed by atoms with van der Waals surface area (Å²) in [5.41, 5.74) is 2.26. The molecule has 2 aromatic rings. The SMILES string of the molecule is Cc1ccoc1CNc1cccnc1N1CCCC1. The van der Waals surface area contributed by atoms with Crippen molar-refractivity contribution in [2.45, 2.75) is 26.3 Å². The molecular formula is C15H19N3O. The third kappa shape index (κ3) is 2.57. The Morgan fingerprint density at radius 1 is 1.32 bits per heavy atom. The Kier molecular flexibility index (Phi) is 3.40. The number of pyridine rings is 1. The third-order valence-corrected chi connectivity index (χ3v) is 3.60. The third-order valence-electron chi connectivity index (χ3n) is 3.60. The van der Waals surface area contributed by atoms with Gasteiger partial charge in [-0.05, 0) is 43.5 Å². The Balaban J connectivity index is 1.75. The number of aryl methyl sites for hydroxylation is 1. The number of rotatable bonds is 4. The lowest BCUT2D eigenvalue weighted by Crippen LogP contribution is -2.20. The zero-order chi connectivity index (χ0) is 13.1. The van der Waals surface area contributed by atoms with Gasteiger partial charge in [-0.25, -0.2) is 4.98 Å². The predicted molar refractivity (Wildman–Crippen MR) is 76.5 cm³/mol. The number of aromatic nitrogens is 1. The molecule has 19 heavy (non-hydrogen) atoms. The van der Waals surface area contributed by atoms with Crippen LogP contribution in [0.3, 0.4) is 0 Å². The molecule has 1 aliphatic rings. The van der Waals surface area contributed by atoms with E-state index >= 15 is 0 Å². The van der Waals surface area contributed by atoms with Crippen LogP contribution in [0.15, 0.2) is 35.1 Å². The molecule has 4 heteroatoms. The molecule has 0 aliphatic carbocycles. The number of hydrogen-bond acceptors (Lipinski definition) is 4. The summed E-state index contributed by atoms with van der Waals surface area (Å²) in [6.07, 6.45) is 6.11. The van der Waals surface area contributed by atoms with E-state index in [0.717, 1.165) is 30.4 Å². The van der Waals surface area contributed by atoms with Crippen LogP contribution in [0.4, 0.5) is 11.5 Å². The van der Waals surface area contributed by atoms with Crippen LogP contribution in [0.5, 0.6) is 0 Å². The van der Waals surface area contributed by atoms with E-state index in [1.807, 2.05) is 18.3 Å². The van der Waals surface area contributed by atoms with E-state index in [2.05, 4.69) is 28.2 Å². The van der Waals surface area contributed by atoms with Gasteiger partial charge in [-0.3, -0.25) is 0 Å². The molecule has 1 fully saturated rings. The fourth-order valence-electron chi connectivity index (χ4n) is 2.48. The molecular weight excluding hydrogens is 238 g/mol. The molecule has 0 aromatic carbocycles. The molecule has 100 valence electrons. The minimum atomic E-state index is 0.700. The van der Waals surface area contributed by atoms with Crippen molar-refractivity contribution in [1.29, 1.82) is 0 Å². The van der Waals surface area contributed by atoms with Crippen LogP contribution in [-0.4, -0.2) is 18.1 Å². The molecule has 0 amide bonds. The van der Waals surface area contributed by atoms with Crippen LogP contribution >= 0.6 is 0 Å². The highest BCUT2D eigenvalue weighted by molar-refractivity contribution is 5.65. The first kappa shape index (κ1) is 12.1. The summed E-state index contributed by atoms with van der Waals surface area (Å²) >= 11 is 0. The van der Waals surface area contributed by atoms with Crippen molar-refractivity contribution in [3.05, 3.63) is 42.0 Å². The Hall–Kier alpha value is -1.97. The van der Waals surface area contributed by atoms with Gasteiger partial charge in [0.1, 0.15) is 5.76 Å². The van der Waals surface area contributed by atoms with Crippen LogP contribution in [0.1, 0.15) is 24.2 Å². The lowest BCUT2D eigenvalue weighted by molar-refractivity contribution is 0.515. The van der Waals surface area contributed by atoms with Gasteiger partial charge < -0.3 is 14.6 Å². The largest absolute Gasteiger partial charge is 0.467 e. The highest BCUT2D eigenvalue weighted by Gasteiger charge is 2.16. The van der Waals surface area contributed by atoms with Crippen LogP contribution in [0.25, 0.3) is 0 Å². The van der Waals surface area contributed by atoms with Gasteiger partial charge in [0.05, 0.1) is 18.5 Å². The van der Waals surface area contributed by atoms with E-state index in [4.69, 9.17) is 4.42 Å². The highest BCUT2D eigenvalue weighted by Crippen LogP contribution is 2.26. The van der Waals surface area contributed by atoms with Crippen LogP contribution in [-0.2, 0) is 6.54 Å². The van der Waals surface area contributed by atoms with Crippen LogP contribution < -0.4 is 10.2 Å². The number of furan rings is 1. The summed E-state index contributed by atoms with van der Waals surface area (Å²) in [6, 6.07) is 6.04. The standard InChI is InChI=1S/C15H19N3O/c1-12-6-10-19-14(12)11-17-13-5-4-7-16-15(13)18-8-2-3-9-18/h4-7,10,17H,2-3,8-9,11H2,1H3. The Bertz CT molecular complexity index is 544. The quantitative estimate of drug-likeness (QED) is 0.913. The smallest absolute Gasteiger partial charge is 0.151 e. The van der Waals surface area contributed by atoms with Gasteiger partial charge in [-0.2, -0.15) is 0 Å². The van der Waals surface area contributed by atoms with Crippen LogP contribution in [0.2, 0.25) is 0 Å². The van der Waals surface area contributed by atoms with Crippen molar-refractivity contribution in [3.8, 4) is 0 Å². The van der Waals surface area contributed by atoms with Gasteiger partial charge in [0.25, 0.3) is 0 Å². The van der Waals surface area contributed by atoms with E-state index in [1.165, 1.54) is 18.4 Å². The molecule has 3 rings (SSSR count). The maximum absolute atomic E-state index is 5.45. The zero-order valence-electron chi connectivity index (χ0n) is 11.2. The second-order valence-corrected chi connectivity index (χ2v) is 4.95. The van der Waals surface area contributed by atoms with Crippen molar-refractivity contribution < 1.29 is 4.42 Å². The number of nitrogens with zero attached hydrogens (tertiary/aromatic N) is 2. The van der Waals surface area contributed by atoms with Gasteiger partial charge in [-0.15, -0.1) is 0 Å². The summed E-state index contributed by atoms with van der Waals surface area (Å²) < 4.78 is 5.45. The Labute approximate surface area is 113 Å². The maximum Gasteiger partial charge on any atom is 0.151 e. The van der Waals surface area contributed by atoms with E-state index in [0.29, 0.717) is 6.54 Å². The second-order valence-electron chi connectivity index (χ2n) is 4.95. The zero-order valence-corrected chi connectivity index (χ0v) is 11.2. The molecule has 0 unspecified atom stereocenters. The van der Waals surface area contributed by atoms with Gasteiger partial charge in [0.15, 0.2) is 5.82 Å². The number of hydrogen-bond donors (Lipinski definition) is 1. The topological polar surface area (TPSA) is 41.3 Å². The van der Waals surface area contributed by atoms with E-state index in [-0.39, 0.29) is 0 Å². The summed E-state index contributed by atoms with van der Waals surface area (Å²) in [7, 11) is 0. The summed E-state index contributed by atoms with van der Waals surface area (Å²) in [4.78, 5) is 6.86. The lowest BCUT2D eigenvalue weighted by atomic mass is 10.2. The summed E-state index contributed by atoms with van der Waals surface area (Å²) in [6.45, 7) is 4.97. The van der Waals surface area contributed by atoms with Crippen molar-refractivity contribution in [2.24, 2.45) is 0 Å². The predicted octanol–water partition coefficient (Wildman–Crippen LogP) is 3.20. The van der Waals surface area contributed by atoms with E-state index in [9.17, 15) is 0 Å². The molecule has 1 aliphatic heterocycles. The van der Waals surface area contributed by atoms with E-state index in [1.54, 1.807) is 6.26 Å². The molecule has 0 atom stereocenters. The molecule has 1 saturated heterocycles. The monoisotopic (exact) mass is 257 g/mol. The Morgan fingerprint density at radius 2 is 2.16 bits per heavy atom. The van der Waals surface area contributed by atoms with Crippen molar-refractivity contribution in [1.82, 2.24) is 4.98 Å². The van der Waals surface area contributed by atoms with E-state index < -0.39 is 0 Å². The minimum Gasteiger partial charge on any atom is -0.467 e. The van der Waals surface area contributed by atoms with Gasteiger partial charge >= 0.3 is 0 Å². The minimum absolute atomic E-state index is 0.700. The fourth-order valence-corrected chi connectivity index (χ4v) is 2.48. The maximum atomic E-state index is 5.45. The van der Waals surface area contributed by atoms with Crippen LogP contribution in [0, 0.1) is 6.92 Å². The molecule has 0 radical (unpaired) electrons. The highest BCUT2D eigenvalue weighted by atomic mass is 16.3. The first-order valence-electron chi connectivity index (χ1n) is 6.81. The molecule has 4 nitrogen and oxygen atoms in total. The summed E-state index contributed by atoms with van der Waals surface area (Å²) in [5.74, 6) is 2.04. The summed E-state index contributed by atoms with van der Waals surface area (Å²) in [5, 5.41) is 3.44. The molecule has 0 saturated carbocycles. The normalized spacial score (nSPS) is 14.9. The fraction of sp³-hybridized carbons (Fsp3) is 0.400. The number of anilines is 2. The Morgan fingerprint density at radius 3 is 2.89 bits per heavy atom. The average molecular weight is 257 g/mol. The molecule has 3 heterocycles. The second kappa shape index (κ2) is 5.34. The number of nitrogens with one attached hydrogen (secondary N) is 1. The molecule has 2 aromatic heterocycles. The van der Waals surface area contributed by atoms with Gasteiger partial charge in [-0.1, -0.05) is 0 Å². The van der Waals surface area contributed by atoms with Crippen molar-refractivity contribution in [2.75, 3.05) is 23.3 Å². The lowest BCUT2D eigenvalue weighted by Gasteiger charge is -2.20. The average Bonchev–Trinajstić information content (AvgIpc) is 3.08. The molecule has 1 N–H and O–H groups in total. The first-order chi connectivity index (χ1) is 9.34.